The Kier molecular flexibility index (Phi) is 11.1. The maximum Gasteiger partial charge on any atom is 0.318 e. The van der Waals surface area contributed by atoms with E-state index in [1.165, 1.54) is 0 Å². The van der Waals surface area contributed by atoms with E-state index in [1.54, 1.807) is 57.9 Å². The van der Waals surface area contributed by atoms with Crippen molar-refractivity contribution in [3.05, 3.63) is 86.2 Å². The fourth-order valence-electron chi connectivity index (χ4n) is 3.51. The van der Waals surface area contributed by atoms with Crippen LogP contribution in [-0.4, -0.2) is 23.6 Å². The number of nitrogens with zero attached hydrogens (tertiary/aromatic N) is 1. The maximum absolute atomic E-state index is 12.8. The summed E-state index contributed by atoms with van der Waals surface area (Å²) in [6.45, 7) is 5.62. The summed E-state index contributed by atoms with van der Waals surface area (Å²) in [7, 11) is 3.16. The smallest absolute Gasteiger partial charge is 0.318 e. The van der Waals surface area contributed by atoms with Crippen molar-refractivity contribution in [3.8, 4) is 21.9 Å². The second kappa shape index (κ2) is 14.5. The monoisotopic (exact) mass is 585 g/mol. The van der Waals surface area contributed by atoms with Crippen LogP contribution in [0.4, 0.5) is 0 Å². The molecule has 39 heavy (non-hydrogen) atoms. The lowest BCUT2D eigenvalue weighted by Gasteiger charge is -2.13. The van der Waals surface area contributed by atoms with Crippen LogP contribution in [0, 0.1) is 13.9 Å². The van der Waals surface area contributed by atoms with Gasteiger partial charge < -0.3 is 14.3 Å². The molecule has 0 N–H and O–H groups in total. The molecule has 4 rings (SSSR count). The maximum atomic E-state index is 12.8. The summed E-state index contributed by atoms with van der Waals surface area (Å²) < 4.78 is 11.7. The first-order valence-corrected chi connectivity index (χ1v) is 14.8. The summed E-state index contributed by atoms with van der Waals surface area (Å²) in [4.78, 5) is 40.1. The molecule has 11 heteroatoms. The second-order valence-electron chi connectivity index (χ2n) is 8.06. The Morgan fingerprint density at radius 1 is 0.923 bits per heavy atom. The van der Waals surface area contributed by atoms with Gasteiger partial charge in [0.1, 0.15) is 15.3 Å². The molecule has 1 unspecified atom stereocenters. The molecule has 1 heterocycles. The fourth-order valence-corrected chi connectivity index (χ4v) is 5.92. The summed E-state index contributed by atoms with van der Waals surface area (Å²) in [5.74, 6) is -0.539. The van der Waals surface area contributed by atoms with Gasteiger partial charge in [0.15, 0.2) is 0 Å². The van der Waals surface area contributed by atoms with Crippen molar-refractivity contribution in [3.63, 3.8) is 0 Å². The van der Waals surface area contributed by atoms with Gasteiger partial charge in [-0.2, -0.15) is 0 Å². The van der Waals surface area contributed by atoms with E-state index < -0.39 is 17.0 Å². The van der Waals surface area contributed by atoms with Crippen molar-refractivity contribution in [2.45, 2.75) is 39.5 Å². The van der Waals surface area contributed by atoms with Crippen LogP contribution in [0.25, 0.3) is 21.2 Å². The third kappa shape index (κ3) is 8.67. The summed E-state index contributed by atoms with van der Waals surface area (Å²) in [6.07, 6.45) is 0.178. The molecular weight excluding hydrogens is 559 g/mol. The minimum atomic E-state index is -0.898. The zero-order valence-electron chi connectivity index (χ0n) is 21.6. The Morgan fingerprint density at radius 3 is 2.26 bits per heavy atom. The van der Waals surface area contributed by atoms with Crippen molar-refractivity contribution in [2.24, 2.45) is 0 Å². The molecule has 0 saturated carbocycles. The van der Waals surface area contributed by atoms with E-state index in [9.17, 15) is 19.7 Å². The zero-order chi connectivity index (χ0) is 28.4. The largest absolute Gasteiger partial charge is 0.427 e. The van der Waals surface area contributed by atoms with E-state index in [2.05, 4.69) is 4.84 Å². The number of rotatable bonds is 10. The van der Waals surface area contributed by atoms with E-state index >= 15 is 0 Å². The van der Waals surface area contributed by atoms with Crippen molar-refractivity contribution in [1.82, 2.24) is 0 Å². The van der Waals surface area contributed by atoms with Gasteiger partial charge >= 0.3 is 11.9 Å². The number of benzene rings is 3. The van der Waals surface area contributed by atoms with E-state index in [1.807, 2.05) is 50.2 Å². The summed E-state index contributed by atoms with van der Waals surface area (Å²) >= 11 is 5.19. The number of carbonyl (C=O) groups excluding carboxylic acids is 2. The van der Waals surface area contributed by atoms with E-state index in [4.69, 9.17) is 21.7 Å². The quantitative estimate of drug-likeness (QED) is 0.0351. The Morgan fingerprint density at radius 2 is 1.59 bits per heavy atom. The van der Waals surface area contributed by atoms with E-state index in [0.29, 0.717) is 11.5 Å². The lowest BCUT2D eigenvalue weighted by atomic mass is 9.98. The molecule has 0 spiro atoms. The summed E-state index contributed by atoms with van der Waals surface area (Å²) in [6, 6.07) is 20.1. The van der Waals surface area contributed by atoms with Gasteiger partial charge in [0.25, 0.3) is 5.09 Å². The highest BCUT2D eigenvalue weighted by molar-refractivity contribution is 7.80. The van der Waals surface area contributed by atoms with Gasteiger partial charge in [-0.3, -0.25) is 9.59 Å². The van der Waals surface area contributed by atoms with Crippen LogP contribution in [0.3, 0.4) is 0 Å². The van der Waals surface area contributed by atoms with Gasteiger partial charge in [0.2, 0.25) is 0 Å². The minimum Gasteiger partial charge on any atom is -0.427 e. The molecule has 0 aliphatic heterocycles. The van der Waals surface area contributed by atoms with Crippen LogP contribution in [0.2, 0.25) is 0 Å². The lowest BCUT2D eigenvalue weighted by molar-refractivity contribution is -0.757. The van der Waals surface area contributed by atoms with Crippen LogP contribution in [-0.2, 0) is 14.4 Å². The van der Waals surface area contributed by atoms with Crippen LogP contribution >= 0.6 is 32.9 Å². The molecule has 4 aromatic rings. The first-order chi connectivity index (χ1) is 18.8. The van der Waals surface area contributed by atoms with Crippen molar-refractivity contribution in [1.29, 1.82) is 0 Å². The molecule has 0 bridgehead atoms. The zero-order valence-corrected chi connectivity index (χ0v) is 24.0. The molecule has 3 aromatic carbocycles. The van der Waals surface area contributed by atoms with Crippen molar-refractivity contribution < 1.29 is 29.0 Å². The number of ether oxygens (including phenoxy) is 2. The molecular formula is C28H27NO7S3. The van der Waals surface area contributed by atoms with E-state index in [0.717, 1.165) is 30.6 Å². The molecule has 0 aliphatic rings. The molecule has 0 saturated heterocycles. The second-order valence-corrected chi connectivity index (χ2v) is 11.0. The van der Waals surface area contributed by atoms with Crippen LogP contribution < -0.4 is 9.47 Å². The third-order valence-corrected chi connectivity index (χ3v) is 8.37. The van der Waals surface area contributed by atoms with Crippen LogP contribution in [0.15, 0.2) is 66.7 Å². The first-order valence-electron chi connectivity index (χ1n) is 12.2. The SMILES string of the molecule is CC.CC(C(=O)Oc1ccc(-c2cc(=S)ss2)cc1)c1ccc2cc(OC(=O)CCCO[N+](=O)[O-])ccc2c1. The minimum absolute atomic E-state index is 0.00284. The van der Waals surface area contributed by atoms with Gasteiger partial charge in [-0.1, -0.05) is 71.0 Å². The summed E-state index contributed by atoms with van der Waals surface area (Å²) in [5.41, 5.74) is 1.82. The standard InChI is InChI=1S/C26H21NO7S3.C2H6/c1-16(26(29)34-21-9-6-17(7-10-21)23-15-25(35)37-36-23)18-4-5-20-14-22(11-8-19(20)13-18)33-24(28)3-2-12-32-27(30)31;1-2/h4-11,13-16H,2-3,12H2,1H3;1-2H3. The molecule has 1 aromatic heterocycles. The molecule has 0 aliphatic carbocycles. The highest BCUT2D eigenvalue weighted by Crippen LogP contribution is 2.31. The first kappa shape index (κ1) is 29.9. The molecule has 0 amide bonds. The Labute approximate surface area is 238 Å². The molecule has 1 atom stereocenters. The highest BCUT2D eigenvalue weighted by Gasteiger charge is 2.18. The fraction of sp³-hybridized carbons (Fsp3) is 0.250. The van der Waals surface area contributed by atoms with E-state index in [-0.39, 0.29) is 25.4 Å². The average molecular weight is 586 g/mol. The normalized spacial score (nSPS) is 11.2. The van der Waals surface area contributed by atoms with Gasteiger partial charge in [0, 0.05) is 11.3 Å². The topological polar surface area (TPSA) is 105 Å². The Bertz CT molecular complexity index is 1500. The van der Waals surface area contributed by atoms with Gasteiger partial charge in [0.05, 0.1) is 12.5 Å². The van der Waals surface area contributed by atoms with Crippen molar-refractivity contribution >= 4 is 55.6 Å². The lowest BCUT2D eigenvalue weighted by Crippen LogP contribution is -2.16. The molecule has 0 radical (unpaired) electrons. The van der Waals surface area contributed by atoms with Crippen LogP contribution in [0.1, 0.15) is 45.1 Å². The molecule has 204 valence electrons. The number of carbonyl (C=O) groups is 2. The average Bonchev–Trinajstić information content (AvgIpc) is 3.38. The molecule has 0 fully saturated rings. The number of hydrogen-bond donors (Lipinski definition) is 0. The van der Waals surface area contributed by atoms with Gasteiger partial charge in [-0.15, -0.1) is 10.1 Å². The number of esters is 2. The Balaban J connectivity index is 0.00000205. The van der Waals surface area contributed by atoms with Gasteiger partial charge in [-0.05, 0) is 77.7 Å². The predicted octanol–water partition coefficient (Wildman–Crippen LogP) is 7.99. The third-order valence-electron chi connectivity index (χ3n) is 5.46. The molecule has 8 nitrogen and oxygen atoms in total. The predicted molar refractivity (Wildman–Crippen MR) is 156 cm³/mol. The Hall–Kier alpha value is -3.67. The van der Waals surface area contributed by atoms with Crippen LogP contribution in [0.5, 0.6) is 11.5 Å². The number of hydrogen-bond acceptors (Lipinski definition) is 10. The summed E-state index contributed by atoms with van der Waals surface area (Å²) in [5, 5.41) is 10.9. The number of fused-ring (bicyclic) bond motifs is 1. The highest BCUT2D eigenvalue weighted by atomic mass is 32.9. The van der Waals surface area contributed by atoms with Gasteiger partial charge in [-0.25, -0.2) is 0 Å². The van der Waals surface area contributed by atoms with Crippen molar-refractivity contribution in [2.75, 3.05) is 6.61 Å².